The Morgan fingerprint density at radius 2 is 1.63 bits per heavy atom. The molecule has 0 fully saturated rings. The molecule has 0 aliphatic rings. The van der Waals surface area contributed by atoms with E-state index in [0.29, 0.717) is 11.4 Å². The van der Waals surface area contributed by atoms with Gasteiger partial charge in [-0.1, -0.05) is 0 Å². The first-order chi connectivity index (χ1) is 12.7. The molecule has 0 aliphatic heterocycles. The SMILES string of the molecule is CN(C)c1ccc(NC(=O)COC(=O)C(C)(C)Oc2ccc(F)cc2)cc1. The molecule has 0 saturated heterocycles. The van der Waals surface area contributed by atoms with Crippen molar-refractivity contribution in [2.75, 3.05) is 30.9 Å². The standard InChI is InChI=1S/C20H23FN2O4/c1-20(2,27-17-11-5-14(21)6-12-17)19(25)26-13-18(24)22-15-7-9-16(10-8-15)23(3)4/h5-12H,13H2,1-4H3,(H,22,24). The van der Waals surface area contributed by atoms with Crippen LogP contribution in [0.1, 0.15) is 13.8 Å². The number of nitrogens with zero attached hydrogens (tertiary/aromatic N) is 1. The van der Waals surface area contributed by atoms with E-state index in [1.165, 1.54) is 38.1 Å². The van der Waals surface area contributed by atoms with Crippen LogP contribution in [0.2, 0.25) is 0 Å². The number of nitrogens with one attached hydrogen (secondary N) is 1. The summed E-state index contributed by atoms with van der Waals surface area (Å²) >= 11 is 0. The van der Waals surface area contributed by atoms with Gasteiger partial charge in [0.25, 0.3) is 5.91 Å². The fraction of sp³-hybridized carbons (Fsp3) is 0.300. The Bertz CT molecular complexity index is 787. The van der Waals surface area contributed by atoms with Crippen LogP contribution < -0.4 is 15.0 Å². The van der Waals surface area contributed by atoms with Crippen molar-refractivity contribution in [3.05, 3.63) is 54.3 Å². The molecule has 6 nitrogen and oxygen atoms in total. The number of amides is 1. The Morgan fingerprint density at radius 3 is 2.19 bits per heavy atom. The molecule has 1 amide bonds. The van der Waals surface area contributed by atoms with Gasteiger partial charge in [-0.2, -0.15) is 0 Å². The quantitative estimate of drug-likeness (QED) is 0.754. The van der Waals surface area contributed by atoms with Gasteiger partial charge in [0.1, 0.15) is 11.6 Å². The molecule has 0 atom stereocenters. The van der Waals surface area contributed by atoms with E-state index in [2.05, 4.69) is 5.32 Å². The smallest absolute Gasteiger partial charge is 0.350 e. The van der Waals surface area contributed by atoms with Crippen LogP contribution >= 0.6 is 0 Å². The van der Waals surface area contributed by atoms with E-state index < -0.39 is 29.9 Å². The molecule has 2 aromatic rings. The number of benzene rings is 2. The summed E-state index contributed by atoms with van der Waals surface area (Å²) in [6.07, 6.45) is 0. The summed E-state index contributed by atoms with van der Waals surface area (Å²) in [6, 6.07) is 12.5. The van der Waals surface area contributed by atoms with E-state index >= 15 is 0 Å². The summed E-state index contributed by atoms with van der Waals surface area (Å²) in [5.41, 5.74) is 0.272. The van der Waals surface area contributed by atoms with Gasteiger partial charge in [-0.05, 0) is 62.4 Å². The average molecular weight is 374 g/mol. The van der Waals surface area contributed by atoms with E-state index in [4.69, 9.17) is 9.47 Å². The molecular formula is C20H23FN2O4. The van der Waals surface area contributed by atoms with Crippen LogP contribution in [-0.2, 0) is 14.3 Å². The maximum atomic E-state index is 12.9. The van der Waals surface area contributed by atoms with Gasteiger partial charge in [-0.3, -0.25) is 4.79 Å². The number of halogens is 1. The van der Waals surface area contributed by atoms with Gasteiger partial charge in [0.05, 0.1) is 0 Å². The lowest BCUT2D eigenvalue weighted by atomic mass is 10.1. The molecule has 27 heavy (non-hydrogen) atoms. The monoisotopic (exact) mass is 374 g/mol. The first kappa shape index (κ1) is 20.2. The molecule has 0 unspecified atom stereocenters. The molecule has 0 aromatic heterocycles. The van der Waals surface area contributed by atoms with E-state index in [1.54, 1.807) is 12.1 Å². The van der Waals surface area contributed by atoms with E-state index in [-0.39, 0.29) is 0 Å². The van der Waals surface area contributed by atoms with Crippen LogP contribution in [0, 0.1) is 5.82 Å². The van der Waals surface area contributed by atoms with Crippen molar-refractivity contribution in [3.63, 3.8) is 0 Å². The molecule has 0 aliphatic carbocycles. The third-order valence-corrected chi connectivity index (χ3v) is 3.68. The van der Waals surface area contributed by atoms with Crippen molar-refractivity contribution in [2.24, 2.45) is 0 Å². The van der Waals surface area contributed by atoms with E-state index in [9.17, 15) is 14.0 Å². The van der Waals surface area contributed by atoms with E-state index in [1.807, 2.05) is 31.1 Å². The molecule has 2 rings (SSSR count). The molecule has 2 aromatic carbocycles. The minimum Gasteiger partial charge on any atom is -0.476 e. The third kappa shape index (κ3) is 5.99. The fourth-order valence-corrected chi connectivity index (χ4v) is 2.18. The van der Waals surface area contributed by atoms with Gasteiger partial charge in [-0.15, -0.1) is 0 Å². The molecule has 144 valence electrons. The zero-order valence-corrected chi connectivity index (χ0v) is 15.8. The molecule has 7 heteroatoms. The first-order valence-corrected chi connectivity index (χ1v) is 8.36. The highest BCUT2D eigenvalue weighted by molar-refractivity contribution is 5.93. The zero-order valence-electron chi connectivity index (χ0n) is 15.8. The summed E-state index contributed by atoms with van der Waals surface area (Å²) in [5, 5.41) is 2.65. The van der Waals surface area contributed by atoms with Crippen molar-refractivity contribution < 1.29 is 23.5 Å². The van der Waals surface area contributed by atoms with Crippen molar-refractivity contribution in [1.29, 1.82) is 0 Å². The minimum atomic E-state index is -1.33. The Kier molecular flexibility index (Phi) is 6.39. The lowest BCUT2D eigenvalue weighted by Gasteiger charge is -2.24. The van der Waals surface area contributed by atoms with Crippen LogP contribution in [0.15, 0.2) is 48.5 Å². The average Bonchev–Trinajstić information content (AvgIpc) is 2.62. The highest BCUT2D eigenvalue weighted by atomic mass is 19.1. The van der Waals surface area contributed by atoms with Gasteiger partial charge in [0, 0.05) is 25.5 Å². The van der Waals surface area contributed by atoms with Gasteiger partial charge in [-0.25, -0.2) is 9.18 Å². The zero-order chi connectivity index (χ0) is 20.0. The number of hydrogen-bond acceptors (Lipinski definition) is 5. The molecule has 0 saturated carbocycles. The minimum absolute atomic E-state index is 0.323. The maximum absolute atomic E-state index is 12.9. The molecule has 0 bridgehead atoms. The number of hydrogen-bond donors (Lipinski definition) is 1. The van der Waals surface area contributed by atoms with Gasteiger partial charge >= 0.3 is 5.97 Å². The molecular weight excluding hydrogens is 351 g/mol. The third-order valence-electron chi connectivity index (χ3n) is 3.68. The summed E-state index contributed by atoms with van der Waals surface area (Å²) in [4.78, 5) is 26.1. The molecule has 0 heterocycles. The largest absolute Gasteiger partial charge is 0.476 e. The normalized spacial score (nSPS) is 10.9. The lowest BCUT2D eigenvalue weighted by Crippen LogP contribution is -2.41. The van der Waals surface area contributed by atoms with Gasteiger partial charge < -0.3 is 19.7 Å². The second kappa shape index (κ2) is 8.53. The number of esters is 1. The summed E-state index contributed by atoms with van der Waals surface area (Å²) in [7, 11) is 3.84. The van der Waals surface area contributed by atoms with Crippen LogP contribution in [0.5, 0.6) is 5.75 Å². The topological polar surface area (TPSA) is 67.9 Å². The maximum Gasteiger partial charge on any atom is 0.350 e. The van der Waals surface area contributed by atoms with Crippen molar-refractivity contribution >= 4 is 23.3 Å². The summed E-state index contributed by atoms with van der Waals surface area (Å²) < 4.78 is 23.5. The fourth-order valence-electron chi connectivity index (χ4n) is 2.18. The predicted octanol–water partition coefficient (Wildman–Crippen LogP) is 3.23. The number of rotatable bonds is 7. The predicted molar refractivity (Wildman–Crippen MR) is 101 cm³/mol. The van der Waals surface area contributed by atoms with Crippen LogP contribution in [-0.4, -0.2) is 38.2 Å². The number of ether oxygens (including phenoxy) is 2. The highest BCUT2D eigenvalue weighted by Gasteiger charge is 2.32. The number of carbonyl (C=O) groups is 2. The number of anilines is 2. The van der Waals surface area contributed by atoms with Gasteiger partial charge in [0.15, 0.2) is 12.2 Å². The van der Waals surface area contributed by atoms with Crippen molar-refractivity contribution in [1.82, 2.24) is 0 Å². The highest BCUT2D eigenvalue weighted by Crippen LogP contribution is 2.20. The Hall–Kier alpha value is -3.09. The summed E-state index contributed by atoms with van der Waals surface area (Å²) in [6.45, 7) is 2.58. The number of carbonyl (C=O) groups excluding carboxylic acids is 2. The molecule has 1 N–H and O–H groups in total. The van der Waals surface area contributed by atoms with Crippen LogP contribution in [0.4, 0.5) is 15.8 Å². The van der Waals surface area contributed by atoms with Crippen LogP contribution in [0.3, 0.4) is 0 Å². The van der Waals surface area contributed by atoms with E-state index in [0.717, 1.165) is 5.69 Å². The Morgan fingerprint density at radius 1 is 1.04 bits per heavy atom. The molecule has 0 radical (unpaired) electrons. The molecule has 0 spiro atoms. The van der Waals surface area contributed by atoms with Crippen LogP contribution in [0.25, 0.3) is 0 Å². The second-order valence-corrected chi connectivity index (χ2v) is 6.63. The van der Waals surface area contributed by atoms with Crippen molar-refractivity contribution in [3.8, 4) is 5.75 Å². The summed E-state index contributed by atoms with van der Waals surface area (Å²) in [5.74, 6) is -1.25. The Balaban J connectivity index is 1.85. The Labute approximate surface area is 157 Å². The lowest BCUT2D eigenvalue weighted by molar-refractivity contribution is -0.161. The second-order valence-electron chi connectivity index (χ2n) is 6.63. The van der Waals surface area contributed by atoms with Crippen molar-refractivity contribution in [2.45, 2.75) is 19.4 Å². The first-order valence-electron chi connectivity index (χ1n) is 8.36. The van der Waals surface area contributed by atoms with Gasteiger partial charge in [0.2, 0.25) is 0 Å².